The molecule has 1 saturated carbocycles. The zero-order chi connectivity index (χ0) is 25.3. The third-order valence-corrected chi connectivity index (χ3v) is 7.39. The van der Waals surface area contributed by atoms with Crippen molar-refractivity contribution < 1.29 is 9.59 Å². The van der Waals surface area contributed by atoms with E-state index in [-0.39, 0.29) is 18.7 Å². The molecule has 1 aromatic carbocycles. The molecule has 1 aliphatic heterocycles. The first-order valence-electron chi connectivity index (χ1n) is 13.3. The van der Waals surface area contributed by atoms with Gasteiger partial charge in [0.1, 0.15) is 0 Å². The molecule has 196 valence electrons. The van der Waals surface area contributed by atoms with E-state index >= 15 is 0 Å². The van der Waals surface area contributed by atoms with Crippen molar-refractivity contribution >= 4 is 40.0 Å². The van der Waals surface area contributed by atoms with Gasteiger partial charge in [-0.05, 0) is 69.0 Å². The highest BCUT2D eigenvalue weighted by Crippen LogP contribution is 2.30. The average molecular weight is 515 g/mol. The van der Waals surface area contributed by atoms with Gasteiger partial charge >= 0.3 is 0 Å². The average Bonchev–Trinajstić information content (AvgIpc) is 3.69. The molecule has 4 rings (SSSR count). The Bertz CT molecular complexity index is 1020. The van der Waals surface area contributed by atoms with E-state index in [1.54, 1.807) is 0 Å². The minimum absolute atomic E-state index is 0.0719. The fourth-order valence-electron chi connectivity index (χ4n) is 4.84. The lowest BCUT2D eigenvalue weighted by atomic mass is 10.2. The van der Waals surface area contributed by atoms with E-state index in [1.807, 2.05) is 35.4 Å². The lowest BCUT2D eigenvalue weighted by Crippen LogP contribution is -2.47. The number of halogens is 1. The first kappa shape index (κ1) is 26.6. The molecule has 0 radical (unpaired) electrons. The molecule has 2 aliphatic rings. The molecular formula is C27H39ClN6O2. The van der Waals surface area contributed by atoms with E-state index in [1.165, 1.54) is 12.8 Å². The number of primary amides is 1. The van der Waals surface area contributed by atoms with Crippen LogP contribution in [-0.4, -0.2) is 90.4 Å². The summed E-state index contributed by atoms with van der Waals surface area (Å²) in [7, 11) is 0. The van der Waals surface area contributed by atoms with Crippen LogP contribution in [0, 0.1) is 5.92 Å². The van der Waals surface area contributed by atoms with Gasteiger partial charge in [0.2, 0.25) is 11.8 Å². The van der Waals surface area contributed by atoms with Gasteiger partial charge in [-0.3, -0.25) is 14.6 Å². The first-order chi connectivity index (χ1) is 17.5. The number of benzene rings is 1. The number of carbonyl (C=O) groups is 2. The molecule has 0 unspecified atom stereocenters. The molecule has 1 aliphatic carbocycles. The predicted molar refractivity (Wildman–Crippen MR) is 145 cm³/mol. The summed E-state index contributed by atoms with van der Waals surface area (Å²) in [6.07, 6.45) is 6.69. The molecule has 1 aromatic heterocycles. The van der Waals surface area contributed by atoms with Gasteiger partial charge in [-0.15, -0.1) is 0 Å². The van der Waals surface area contributed by atoms with Gasteiger partial charge in [0.15, 0.2) is 0 Å². The van der Waals surface area contributed by atoms with Gasteiger partial charge in [-0.25, -0.2) is 0 Å². The summed E-state index contributed by atoms with van der Waals surface area (Å²) in [5, 5.41) is 5.36. The zero-order valence-corrected chi connectivity index (χ0v) is 21.9. The maximum Gasteiger partial charge on any atom is 0.223 e. The van der Waals surface area contributed by atoms with Gasteiger partial charge in [0, 0.05) is 80.9 Å². The molecule has 2 aromatic rings. The number of amides is 2. The summed E-state index contributed by atoms with van der Waals surface area (Å²) >= 11 is 6.09. The third-order valence-electron chi connectivity index (χ3n) is 7.15. The largest absolute Gasteiger partial charge is 0.384 e. The van der Waals surface area contributed by atoms with Crippen LogP contribution in [0.15, 0.2) is 30.5 Å². The normalized spacial score (nSPS) is 16.8. The molecule has 0 bridgehead atoms. The lowest BCUT2D eigenvalue weighted by Gasteiger charge is -2.35. The first-order valence-corrected chi connectivity index (χ1v) is 13.6. The Morgan fingerprint density at radius 1 is 1.06 bits per heavy atom. The van der Waals surface area contributed by atoms with Crippen molar-refractivity contribution in [2.24, 2.45) is 11.7 Å². The standard InChI is InChI=1S/C27H39ClN6O2/c28-22-5-6-23-24(9-11-31-25(23)19-22)30-10-1-12-32-15-17-33(18-16-32)13-2-14-34(20-21-3-4-21)27(36)8-7-26(29)35/h5-6,9,11,19,21H,1-4,7-8,10,12-18,20H2,(H2,29,35)(H,30,31). The number of nitrogens with two attached hydrogens (primary N) is 1. The molecular weight excluding hydrogens is 476 g/mol. The Hall–Kier alpha value is -2.42. The van der Waals surface area contributed by atoms with Crippen LogP contribution in [0.2, 0.25) is 5.02 Å². The molecule has 3 N–H and O–H groups in total. The van der Waals surface area contributed by atoms with Gasteiger partial charge in [-0.2, -0.15) is 0 Å². The summed E-state index contributed by atoms with van der Waals surface area (Å²) in [6.45, 7) is 8.93. The van der Waals surface area contributed by atoms with E-state index in [2.05, 4.69) is 20.1 Å². The van der Waals surface area contributed by atoms with Gasteiger partial charge in [0.25, 0.3) is 0 Å². The van der Waals surface area contributed by atoms with E-state index < -0.39 is 5.91 Å². The highest BCUT2D eigenvalue weighted by atomic mass is 35.5. The Morgan fingerprint density at radius 3 is 2.47 bits per heavy atom. The van der Waals surface area contributed by atoms with E-state index in [9.17, 15) is 9.59 Å². The molecule has 0 atom stereocenters. The minimum Gasteiger partial charge on any atom is -0.384 e. The van der Waals surface area contributed by atoms with Crippen LogP contribution in [0.1, 0.15) is 38.5 Å². The molecule has 8 nitrogen and oxygen atoms in total. The Morgan fingerprint density at radius 2 is 1.78 bits per heavy atom. The molecule has 2 amide bonds. The maximum absolute atomic E-state index is 12.5. The van der Waals surface area contributed by atoms with Gasteiger partial charge in [0.05, 0.1) is 5.52 Å². The number of hydrogen-bond donors (Lipinski definition) is 2. The van der Waals surface area contributed by atoms with E-state index in [0.29, 0.717) is 10.9 Å². The topological polar surface area (TPSA) is 94.8 Å². The lowest BCUT2D eigenvalue weighted by molar-refractivity contribution is -0.133. The van der Waals surface area contributed by atoms with E-state index in [4.69, 9.17) is 17.3 Å². The highest BCUT2D eigenvalue weighted by molar-refractivity contribution is 6.31. The third kappa shape index (κ3) is 8.32. The molecule has 1 saturated heterocycles. The van der Waals surface area contributed by atoms with Crippen LogP contribution in [-0.2, 0) is 9.59 Å². The van der Waals surface area contributed by atoms with Gasteiger partial charge < -0.3 is 25.8 Å². The van der Waals surface area contributed by atoms with Crippen LogP contribution < -0.4 is 11.1 Å². The quantitative estimate of drug-likeness (QED) is 0.376. The second-order valence-electron chi connectivity index (χ2n) is 10.1. The van der Waals surface area contributed by atoms with Crippen LogP contribution in [0.3, 0.4) is 0 Å². The van der Waals surface area contributed by atoms with Crippen LogP contribution in [0.4, 0.5) is 5.69 Å². The molecule has 2 heterocycles. The Kier molecular flexibility index (Phi) is 9.78. The smallest absolute Gasteiger partial charge is 0.223 e. The molecule has 2 fully saturated rings. The van der Waals surface area contributed by atoms with Crippen molar-refractivity contribution in [2.75, 3.05) is 64.2 Å². The fraction of sp³-hybridized carbons (Fsp3) is 0.593. The van der Waals surface area contributed by atoms with Crippen LogP contribution >= 0.6 is 11.6 Å². The van der Waals surface area contributed by atoms with Crippen LogP contribution in [0.5, 0.6) is 0 Å². The monoisotopic (exact) mass is 514 g/mol. The molecule has 36 heavy (non-hydrogen) atoms. The van der Waals surface area contributed by atoms with Crippen molar-refractivity contribution in [3.05, 3.63) is 35.5 Å². The van der Waals surface area contributed by atoms with Crippen molar-refractivity contribution in [1.29, 1.82) is 0 Å². The van der Waals surface area contributed by atoms with Crippen molar-refractivity contribution in [1.82, 2.24) is 19.7 Å². The fourth-order valence-corrected chi connectivity index (χ4v) is 5.01. The molecule has 9 heteroatoms. The summed E-state index contributed by atoms with van der Waals surface area (Å²) in [6, 6.07) is 7.84. The number of fused-ring (bicyclic) bond motifs is 1. The number of piperazine rings is 1. The summed E-state index contributed by atoms with van der Waals surface area (Å²) < 4.78 is 0. The number of nitrogens with zero attached hydrogens (tertiary/aromatic N) is 4. The van der Waals surface area contributed by atoms with E-state index in [0.717, 1.165) is 88.3 Å². The number of nitrogens with one attached hydrogen (secondary N) is 1. The summed E-state index contributed by atoms with van der Waals surface area (Å²) in [5.74, 6) is 0.318. The predicted octanol–water partition coefficient (Wildman–Crippen LogP) is 3.20. The minimum atomic E-state index is -0.403. The Balaban J connectivity index is 1.11. The number of aromatic nitrogens is 1. The summed E-state index contributed by atoms with van der Waals surface area (Å²) in [4.78, 5) is 35.0. The van der Waals surface area contributed by atoms with Crippen molar-refractivity contribution in [3.63, 3.8) is 0 Å². The number of anilines is 1. The number of hydrogen-bond acceptors (Lipinski definition) is 6. The number of carbonyl (C=O) groups excluding carboxylic acids is 2. The van der Waals surface area contributed by atoms with Crippen molar-refractivity contribution in [3.8, 4) is 0 Å². The maximum atomic E-state index is 12.5. The zero-order valence-electron chi connectivity index (χ0n) is 21.1. The SMILES string of the molecule is NC(=O)CCC(=O)N(CCCN1CCN(CCCNc2ccnc3cc(Cl)ccc23)CC1)CC1CC1. The van der Waals surface area contributed by atoms with Gasteiger partial charge in [-0.1, -0.05) is 11.6 Å². The second-order valence-corrected chi connectivity index (χ2v) is 10.5. The highest BCUT2D eigenvalue weighted by Gasteiger charge is 2.27. The van der Waals surface area contributed by atoms with Crippen LogP contribution in [0.25, 0.3) is 10.9 Å². The van der Waals surface area contributed by atoms with Crippen molar-refractivity contribution in [2.45, 2.75) is 38.5 Å². The number of rotatable bonds is 14. The number of pyridine rings is 1. The molecule has 0 spiro atoms. The second kappa shape index (κ2) is 13.2. The Labute approximate surface area is 219 Å². The summed E-state index contributed by atoms with van der Waals surface area (Å²) in [5.41, 5.74) is 7.24.